The largest absolute Gasteiger partial charge is 0.465 e. The van der Waals surface area contributed by atoms with E-state index in [1.54, 1.807) is 6.92 Å². The summed E-state index contributed by atoms with van der Waals surface area (Å²) in [5.74, 6) is -0.410. The molecule has 13 heavy (non-hydrogen) atoms. The smallest absolute Gasteiger partial charge is 0.325 e. The van der Waals surface area contributed by atoms with Gasteiger partial charge in [-0.25, -0.2) is 0 Å². The van der Waals surface area contributed by atoms with Crippen LogP contribution in [0, 0.1) is 0 Å². The summed E-state index contributed by atoms with van der Waals surface area (Å²) in [7, 11) is 0. The summed E-state index contributed by atoms with van der Waals surface area (Å²) < 4.78 is 10.1. The third-order valence-electron chi connectivity index (χ3n) is 1.29. The van der Waals surface area contributed by atoms with E-state index in [1.165, 1.54) is 0 Å². The Hall–Kier alpha value is -0.610. The molecule has 0 unspecified atom stereocenters. The molecule has 0 aliphatic carbocycles. The SMILES string of the molecule is CCOC(=O)[C@H](N)COC(C)(C)C. The summed E-state index contributed by atoms with van der Waals surface area (Å²) in [4.78, 5) is 11.0. The Morgan fingerprint density at radius 3 is 2.38 bits per heavy atom. The summed E-state index contributed by atoms with van der Waals surface area (Å²) in [6.45, 7) is 8.01. The van der Waals surface area contributed by atoms with Crippen LogP contribution in [0.25, 0.3) is 0 Å². The second kappa shape index (κ2) is 5.19. The summed E-state index contributed by atoms with van der Waals surface area (Å²) >= 11 is 0. The molecule has 0 aromatic carbocycles. The van der Waals surface area contributed by atoms with E-state index in [1.807, 2.05) is 20.8 Å². The van der Waals surface area contributed by atoms with Gasteiger partial charge in [0.05, 0.1) is 18.8 Å². The van der Waals surface area contributed by atoms with Crippen LogP contribution in [0.5, 0.6) is 0 Å². The molecule has 4 nitrogen and oxygen atoms in total. The normalized spacial score (nSPS) is 13.9. The summed E-state index contributed by atoms with van der Waals surface area (Å²) in [6.07, 6.45) is 0. The lowest BCUT2D eigenvalue weighted by atomic mass is 10.2. The number of carbonyl (C=O) groups excluding carboxylic acids is 1. The van der Waals surface area contributed by atoms with Crippen LogP contribution >= 0.6 is 0 Å². The number of hydrogen-bond donors (Lipinski definition) is 1. The molecule has 0 saturated heterocycles. The Morgan fingerprint density at radius 2 is 2.00 bits per heavy atom. The molecule has 1 atom stereocenters. The van der Waals surface area contributed by atoms with Crippen molar-refractivity contribution in [3.05, 3.63) is 0 Å². The lowest BCUT2D eigenvalue weighted by molar-refractivity contribution is -0.147. The van der Waals surface area contributed by atoms with Crippen LogP contribution in [0.1, 0.15) is 27.7 Å². The molecule has 4 heteroatoms. The first-order valence-electron chi connectivity index (χ1n) is 4.43. The van der Waals surface area contributed by atoms with Gasteiger partial charge in [0.25, 0.3) is 0 Å². The molecular weight excluding hydrogens is 170 g/mol. The maximum Gasteiger partial charge on any atom is 0.325 e. The van der Waals surface area contributed by atoms with E-state index >= 15 is 0 Å². The highest BCUT2D eigenvalue weighted by Gasteiger charge is 2.18. The van der Waals surface area contributed by atoms with Crippen molar-refractivity contribution in [3.63, 3.8) is 0 Å². The molecule has 0 bridgehead atoms. The maximum atomic E-state index is 11.0. The highest BCUT2D eigenvalue weighted by Crippen LogP contribution is 2.06. The fraction of sp³-hybridized carbons (Fsp3) is 0.889. The number of hydrogen-bond acceptors (Lipinski definition) is 4. The molecule has 0 fully saturated rings. The van der Waals surface area contributed by atoms with Gasteiger partial charge in [0.2, 0.25) is 0 Å². The molecule has 0 aromatic rings. The Labute approximate surface area is 79.4 Å². The van der Waals surface area contributed by atoms with Crippen LogP contribution in [0.3, 0.4) is 0 Å². The van der Waals surface area contributed by atoms with Crippen molar-refractivity contribution in [2.45, 2.75) is 39.3 Å². The molecule has 78 valence electrons. The summed E-state index contributed by atoms with van der Waals surface area (Å²) in [6, 6.07) is -0.681. The average molecular weight is 189 g/mol. The third-order valence-corrected chi connectivity index (χ3v) is 1.29. The van der Waals surface area contributed by atoms with Crippen molar-refractivity contribution >= 4 is 5.97 Å². The molecule has 0 amide bonds. The molecular formula is C9H19NO3. The lowest BCUT2D eigenvalue weighted by Crippen LogP contribution is -2.39. The van der Waals surface area contributed by atoms with Crippen LogP contribution in [-0.2, 0) is 14.3 Å². The van der Waals surface area contributed by atoms with Crippen LogP contribution in [-0.4, -0.2) is 30.8 Å². The fourth-order valence-electron chi connectivity index (χ4n) is 0.657. The number of ether oxygens (including phenoxy) is 2. The zero-order valence-corrected chi connectivity index (χ0v) is 8.79. The Kier molecular flexibility index (Phi) is 4.95. The molecule has 0 aromatic heterocycles. The first-order chi connectivity index (χ1) is 5.87. The highest BCUT2D eigenvalue weighted by molar-refractivity contribution is 5.75. The van der Waals surface area contributed by atoms with Gasteiger partial charge in [-0.1, -0.05) is 0 Å². The van der Waals surface area contributed by atoms with Crippen molar-refractivity contribution in [1.82, 2.24) is 0 Å². The van der Waals surface area contributed by atoms with Crippen molar-refractivity contribution in [2.24, 2.45) is 5.73 Å². The van der Waals surface area contributed by atoms with E-state index in [0.717, 1.165) is 0 Å². The van der Waals surface area contributed by atoms with Crippen LogP contribution < -0.4 is 5.73 Å². The van der Waals surface area contributed by atoms with Gasteiger partial charge >= 0.3 is 5.97 Å². The van der Waals surface area contributed by atoms with Gasteiger partial charge in [0.15, 0.2) is 0 Å². The van der Waals surface area contributed by atoms with E-state index in [4.69, 9.17) is 15.2 Å². The quantitative estimate of drug-likeness (QED) is 0.661. The molecule has 2 N–H and O–H groups in total. The van der Waals surface area contributed by atoms with Gasteiger partial charge in [-0.15, -0.1) is 0 Å². The van der Waals surface area contributed by atoms with Crippen molar-refractivity contribution in [1.29, 1.82) is 0 Å². The topological polar surface area (TPSA) is 61.5 Å². The minimum atomic E-state index is -0.681. The first-order valence-corrected chi connectivity index (χ1v) is 4.43. The van der Waals surface area contributed by atoms with Gasteiger partial charge in [-0.05, 0) is 27.7 Å². The van der Waals surface area contributed by atoms with E-state index in [-0.39, 0.29) is 12.2 Å². The summed E-state index contributed by atoms with van der Waals surface area (Å²) in [5.41, 5.74) is 5.24. The van der Waals surface area contributed by atoms with Crippen LogP contribution in [0.2, 0.25) is 0 Å². The van der Waals surface area contributed by atoms with E-state index in [9.17, 15) is 4.79 Å². The van der Waals surface area contributed by atoms with Gasteiger partial charge in [-0.3, -0.25) is 4.79 Å². The standard InChI is InChI=1S/C9H19NO3/c1-5-12-8(11)7(10)6-13-9(2,3)4/h7H,5-6,10H2,1-4H3/t7-/m1/s1. The van der Waals surface area contributed by atoms with Crippen molar-refractivity contribution in [3.8, 4) is 0 Å². The molecule has 0 aliphatic heterocycles. The Balaban J connectivity index is 3.74. The van der Waals surface area contributed by atoms with Crippen molar-refractivity contribution < 1.29 is 14.3 Å². The highest BCUT2D eigenvalue weighted by atomic mass is 16.5. The minimum absolute atomic E-state index is 0.197. The molecule has 0 rings (SSSR count). The van der Waals surface area contributed by atoms with E-state index in [2.05, 4.69) is 0 Å². The molecule has 0 heterocycles. The second-order valence-corrected chi connectivity index (χ2v) is 3.78. The number of carbonyl (C=O) groups is 1. The minimum Gasteiger partial charge on any atom is -0.465 e. The zero-order chi connectivity index (χ0) is 10.5. The average Bonchev–Trinajstić information content (AvgIpc) is 1.99. The number of nitrogens with two attached hydrogens (primary N) is 1. The third kappa shape index (κ3) is 6.54. The zero-order valence-electron chi connectivity index (χ0n) is 8.79. The predicted octanol–water partition coefficient (Wildman–Crippen LogP) is 0.692. The fourth-order valence-corrected chi connectivity index (χ4v) is 0.657. The van der Waals surface area contributed by atoms with Crippen LogP contribution in [0.15, 0.2) is 0 Å². The molecule has 0 spiro atoms. The maximum absolute atomic E-state index is 11.0. The molecule has 0 saturated carbocycles. The van der Waals surface area contributed by atoms with Gasteiger partial charge in [0, 0.05) is 0 Å². The first kappa shape index (κ1) is 12.4. The van der Waals surface area contributed by atoms with Gasteiger partial charge in [-0.2, -0.15) is 0 Å². The van der Waals surface area contributed by atoms with E-state index in [0.29, 0.717) is 6.61 Å². The summed E-state index contributed by atoms with van der Waals surface area (Å²) in [5, 5.41) is 0. The number of rotatable bonds is 4. The number of esters is 1. The van der Waals surface area contributed by atoms with Crippen LogP contribution in [0.4, 0.5) is 0 Å². The van der Waals surface area contributed by atoms with Crippen molar-refractivity contribution in [2.75, 3.05) is 13.2 Å². The van der Waals surface area contributed by atoms with Gasteiger partial charge in [0.1, 0.15) is 6.04 Å². The predicted molar refractivity (Wildman–Crippen MR) is 50.3 cm³/mol. The second-order valence-electron chi connectivity index (χ2n) is 3.78. The van der Waals surface area contributed by atoms with Gasteiger partial charge < -0.3 is 15.2 Å². The monoisotopic (exact) mass is 189 g/mol. The molecule has 0 radical (unpaired) electrons. The van der Waals surface area contributed by atoms with E-state index < -0.39 is 12.0 Å². The Morgan fingerprint density at radius 1 is 1.46 bits per heavy atom. The molecule has 0 aliphatic rings. The Bertz CT molecular complexity index is 163. The lowest BCUT2D eigenvalue weighted by Gasteiger charge is -2.21.